The fourth-order valence-electron chi connectivity index (χ4n) is 0.755. The largest absolute Gasteiger partial charge is 0.494 e. The van der Waals surface area contributed by atoms with Gasteiger partial charge in [0.2, 0.25) is 0 Å². The lowest BCUT2D eigenvalue weighted by Gasteiger charge is -1.98. The smallest absolute Gasteiger partial charge is 0.121 e. The minimum Gasteiger partial charge on any atom is -0.494 e. The van der Waals surface area contributed by atoms with Crippen LogP contribution in [-0.4, -0.2) is 0 Å². The van der Waals surface area contributed by atoms with Crippen molar-refractivity contribution in [3.63, 3.8) is 0 Å². The van der Waals surface area contributed by atoms with Crippen molar-refractivity contribution in [1.82, 2.24) is 0 Å². The van der Waals surface area contributed by atoms with Crippen molar-refractivity contribution < 1.29 is 9.13 Å². The van der Waals surface area contributed by atoms with Gasteiger partial charge in [-0.25, -0.2) is 4.39 Å². The Morgan fingerprint density at radius 3 is 2.64 bits per heavy atom. The third-order valence-corrected chi connectivity index (χ3v) is 1.24. The number of hydrogen-bond acceptors (Lipinski definition) is 1. The summed E-state index contributed by atoms with van der Waals surface area (Å²) in [6.45, 7) is 0.418. The topological polar surface area (TPSA) is 9.23 Å². The molecule has 0 saturated carbocycles. The SMILES string of the molecule is F/C=C\OCc1ccccc1. The lowest BCUT2D eigenvalue weighted by atomic mass is 10.2. The van der Waals surface area contributed by atoms with E-state index in [1.54, 1.807) is 0 Å². The maximum atomic E-state index is 11.4. The molecule has 0 spiro atoms. The second kappa shape index (κ2) is 4.50. The van der Waals surface area contributed by atoms with E-state index in [4.69, 9.17) is 4.74 Å². The third-order valence-electron chi connectivity index (χ3n) is 1.24. The van der Waals surface area contributed by atoms with E-state index in [9.17, 15) is 4.39 Å². The van der Waals surface area contributed by atoms with Crippen LogP contribution in [0.2, 0.25) is 0 Å². The zero-order valence-corrected chi connectivity index (χ0v) is 6.03. The molecular weight excluding hydrogens is 143 g/mol. The van der Waals surface area contributed by atoms with Crippen LogP contribution in [0.15, 0.2) is 42.9 Å². The quantitative estimate of drug-likeness (QED) is 0.605. The Morgan fingerprint density at radius 1 is 1.27 bits per heavy atom. The zero-order chi connectivity index (χ0) is 7.94. The van der Waals surface area contributed by atoms with Crippen LogP contribution in [0.25, 0.3) is 0 Å². The maximum Gasteiger partial charge on any atom is 0.121 e. The number of benzene rings is 1. The van der Waals surface area contributed by atoms with E-state index < -0.39 is 0 Å². The molecule has 11 heavy (non-hydrogen) atoms. The monoisotopic (exact) mass is 152 g/mol. The van der Waals surface area contributed by atoms with Gasteiger partial charge >= 0.3 is 0 Å². The van der Waals surface area contributed by atoms with Crippen LogP contribution < -0.4 is 0 Å². The van der Waals surface area contributed by atoms with Crippen LogP contribution in [-0.2, 0) is 11.3 Å². The first kappa shape index (κ1) is 7.79. The standard InChI is InChI=1S/C9H9FO/c10-6-7-11-8-9-4-2-1-3-5-9/h1-7H,8H2/b7-6-. The molecule has 1 aromatic rings. The molecule has 0 aliphatic heterocycles. The molecule has 0 N–H and O–H groups in total. The van der Waals surface area contributed by atoms with Gasteiger partial charge in [0.25, 0.3) is 0 Å². The summed E-state index contributed by atoms with van der Waals surface area (Å²) in [5.41, 5.74) is 1.03. The highest BCUT2D eigenvalue weighted by molar-refractivity contribution is 5.13. The van der Waals surface area contributed by atoms with E-state index in [-0.39, 0.29) is 0 Å². The Bertz CT molecular complexity index is 218. The molecule has 0 bridgehead atoms. The average Bonchev–Trinajstić information content (AvgIpc) is 2.07. The Hall–Kier alpha value is -1.31. The highest BCUT2D eigenvalue weighted by Crippen LogP contribution is 2.00. The van der Waals surface area contributed by atoms with E-state index in [1.807, 2.05) is 30.3 Å². The van der Waals surface area contributed by atoms with E-state index >= 15 is 0 Å². The predicted octanol–water partition coefficient (Wildman–Crippen LogP) is 2.64. The van der Waals surface area contributed by atoms with Crippen molar-refractivity contribution >= 4 is 0 Å². The zero-order valence-electron chi connectivity index (χ0n) is 6.03. The summed E-state index contributed by atoms with van der Waals surface area (Å²) in [6.07, 6.45) is 1.41. The molecule has 0 aliphatic rings. The number of hydrogen-bond donors (Lipinski definition) is 0. The number of halogens is 1. The van der Waals surface area contributed by atoms with E-state index in [0.717, 1.165) is 11.8 Å². The molecule has 0 amide bonds. The van der Waals surface area contributed by atoms with Crippen molar-refractivity contribution in [2.24, 2.45) is 0 Å². The van der Waals surface area contributed by atoms with Gasteiger partial charge in [0, 0.05) is 0 Å². The van der Waals surface area contributed by atoms with Gasteiger partial charge in [0.05, 0.1) is 0 Å². The number of rotatable bonds is 3. The van der Waals surface area contributed by atoms with E-state index in [1.165, 1.54) is 0 Å². The fraction of sp³-hybridized carbons (Fsp3) is 0.111. The normalized spacial score (nSPS) is 10.3. The lowest BCUT2D eigenvalue weighted by Crippen LogP contribution is -1.83. The molecule has 0 saturated heterocycles. The summed E-state index contributed by atoms with van der Waals surface area (Å²) in [7, 11) is 0. The lowest BCUT2D eigenvalue weighted by molar-refractivity contribution is 0.232. The van der Waals surface area contributed by atoms with Crippen molar-refractivity contribution in [1.29, 1.82) is 0 Å². The van der Waals surface area contributed by atoms with Crippen molar-refractivity contribution in [3.8, 4) is 0 Å². The van der Waals surface area contributed by atoms with Gasteiger partial charge in [-0.3, -0.25) is 0 Å². The van der Waals surface area contributed by atoms with Crippen molar-refractivity contribution in [3.05, 3.63) is 48.5 Å². The van der Waals surface area contributed by atoms with Crippen LogP contribution in [0, 0.1) is 0 Å². The van der Waals surface area contributed by atoms with Gasteiger partial charge in [-0.15, -0.1) is 0 Å². The second-order valence-corrected chi connectivity index (χ2v) is 2.06. The summed E-state index contributed by atoms with van der Waals surface area (Å²) in [4.78, 5) is 0. The molecule has 0 fully saturated rings. The molecule has 0 heterocycles. The van der Waals surface area contributed by atoms with Crippen molar-refractivity contribution in [2.45, 2.75) is 6.61 Å². The first-order chi connectivity index (χ1) is 5.43. The molecule has 2 heteroatoms. The molecule has 0 aliphatic carbocycles. The van der Waals surface area contributed by atoms with Crippen molar-refractivity contribution in [2.75, 3.05) is 0 Å². The van der Waals surface area contributed by atoms with Gasteiger partial charge in [-0.2, -0.15) is 0 Å². The Kier molecular flexibility index (Phi) is 3.19. The second-order valence-electron chi connectivity index (χ2n) is 2.06. The summed E-state index contributed by atoms with van der Waals surface area (Å²) in [6, 6.07) is 9.60. The summed E-state index contributed by atoms with van der Waals surface area (Å²) in [5.74, 6) is 0. The maximum absolute atomic E-state index is 11.4. The number of ether oxygens (including phenoxy) is 1. The molecular formula is C9H9FO. The highest BCUT2D eigenvalue weighted by Gasteiger charge is 1.86. The van der Waals surface area contributed by atoms with Crippen LogP contribution in [0.3, 0.4) is 0 Å². The molecule has 1 aromatic carbocycles. The summed E-state index contributed by atoms with van der Waals surface area (Å²) in [5, 5.41) is 0. The van der Waals surface area contributed by atoms with E-state index in [2.05, 4.69) is 0 Å². The molecule has 0 atom stereocenters. The van der Waals surface area contributed by atoms with Gasteiger partial charge in [0.1, 0.15) is 19.2 Å². The Balaban J connectivity index is 2.39. The first-order valence-electron chi connectivity index (χ1n) is 3.34. The predicted molar refractivity (Wildman–Crippen MR) is 41.5 cm³/mol. The molecule has 1 nitrogen and oxygen atoms in total. The molecule has 1 rings (SSSR count). The van der Waals surface area contributed by atoms with Crippen LogP contribution in [0.1, 0.15) is 5.56 Å². The molecule has 0 aromatic heterocycles. The fourth-order valence-corrected chi connectivity index (χ4v) is 0.755. The molecule has 0 unspecified atom stereocenters. The Labute approximate surface area is 65.1 Å². The minimum atomic E-state index is 0.378. The van der Waals surface area contributed by atoms with Crippen LogP contribution in [0.5, 0.6) is 0 Å². The van der Waals surface area contributed by atoms with Crippen LogP contribution >= 0.6 is 0 Å². The molecule has 58 valence electrons. The van der Waals surface area contributed by atoms with Gasteiger partial charge < -0.3 is 4.74 Å². The Morgan fingerprint density at radius 2 is 2.00 bits per heavy atom. The van der Waals surface area contributed by atoms with Gasteiger partial charge in [-0.05, 0) is 5.56 Å². The van der Waals surface area contributed by atoms with E-state index in [0.29, 0.717) is 12.9 Å². The van der Waals surface area contributed by atoms with Gasteiger partial charge in [-0.1, -0.05) is 30.3 Å². The average molecular weight is 152 g/mol. The van der Waals surface area contributed by atoms with Crippen LogP contribution in [0.4, 0.5) is 4.39 Å². The first-order valence-corrected chi connectivity index (χ1v) is 3.34. The van der Waals surface area contributed by atoms with Gasteiger partial charge in [0.15, 0.2) is 0 Å². The third kappa shape index (κ3) is 2.85. The minimum absolute atomic E-state index is 0.378. The molecule has 0 radical (unpaired) electrons. The summed E-state index contributed by atoms with van der Waals surface area (Å²) < 4.78 is 16.2. The summed E-state index contributed by atoms with van der Waals surface area (Å²) >= 11 is 0. The highest BCUT2D eigenvalue weighted by atomic mass is 19.1.